The Hall–Kier alpha value is -0.830. The van der Waals surface area contributed by atoms with Crippen molar-refractivity contribution < 1.29 is 5.11 Å². The van der Waals surface area contributed by atoms with Crippen molar-refractivity contribution in [3.63, 3.8) is 0 Å². The first-order valence-corrected chi connectivity index (χ1v) is 3.57. The number of hydrogen-bond donors (Lipinski definition) is 1. The smallest absolute Gasteiger partial charge is 0.157 e. The molecule has 0 radical (unpaired) electrons. The maximum Gasteiger partial charge on any atom is 0.157 e. The summed E-state index contributed by atoms with van der Waals surface area (Å²) in [5.74, 6) is 0.104. The summed E-state index contributed by atoms with van der Waals surface area (Å²) in [6, 6.07) is 3.30. The van der Waals surface area contributed by atoms with Crippen molar-refractivity contribution in [3.05, 3.63) is 21.5 Å². The van der Waals surface area contributed by atoms with E-state index in [4.69, 9.17) is 10.4 Å². The van der Waals surface area contributed by atoms with Crippen LogP contribution in [0.1, 0.15) is 5.69 Å². The Kier molecular flexibility index (Phi) is 2.06. The van der Waals surface area contributed by atoms with Gasteiger partial charge >= 0.3 is 0 Å². The molecule has 0 spiro atoms. The van der Waals surface area contributed by atoms with Crippen LogP contribution in [0, 0.1) is 14.9 Å². The molecule has 50 valence electrons. The normalized spacial score (nSPS) is 8.80. The van der Waals surface area contributed by atoms with Crippen LogP contribution in [-0.4, -0.2) is 10.1 Å². The van der Waals surface area contributed by atoms with E-state index in [0.717, 1.165) is 0 Å². The fourth-order valence-electron chi connectivity index (χ4n) is 0.511. The van der Waals surface area contributed by atoms with Gasteiger partial charge in [-0.3, -0.25) is 0 Å². The molecule has 1 aromatic rings. The van der Waals surface area contributed by atoms with E-state index >= 15 is 0 Å². The van der Waals surface area contributed by atoms with Gasteiger partial charge in [-0.1, -0.05) is 0 Å². The van der Waals surface area contributed by atoms with Crippen LogP contribution in [0.3, 0.4) is 0 Å². The fraction of sp³-hybridized carbons (Fsp3) is 0. The van der Waals surface area contributed by atoms with Crippen molar-refractivity contribution in [3.8, 4) is 11.8 Å². The van der Waals surface area contributed by atoms with Gasteiger partial charge < -0.3 is 5.11 Å². The predicted molar refractivity (Wildman–Crippen MR) is 43.3 cm³/mol. The quantitative estimate of drug-likeness (QED) is 0.701. The van der Waals surface area contributed by atoms with Gasteiger partial charge in [0.05, 0.1) is 3.57 Å². The van der Waals surface area contributed by atoms with Gasteiger partial charge in [0.25, 0.3) is 0 Å². The SMILES string of the molecule is N#Cc1nccc(O)c1I. The zero-order valence-electron chi connectivity index (χ0n) is 4.87. The van der Waals surface area contributed by atoms with E-state index in [1.165, 1.54) is 12.3 Å². The van der Waals surface area contributed by atoms with E-state index in [1.807, 2.05) is 28.7 Å². The Balaban J connectivity index is 3.31. The predicted octanol–water partition coefficient (Wildman–Crippen LogP) is 1.26. The number of pyridine rings is 1. The summed E-state index contributed by atoms with van der Waals surface area (Å²) in [5.41, 5.74) is 0.264. The highest BCUT2D eigenvalue weighted by molar-refractivity contribution is 14.1. The number of halogens is 1. The topological polar surface area (TPSA) is 56.9 Å². The van der Waals surface area contributed by atoms with Crippen LogP contribution >= 0.6 is 22.6 Å². The highest BCUT2D eigenvalue weighted by Crippen LogP contribution is 2.19. The molecular formula is C6H3IN2O. The second-order valence-electron chi connectivity index (χ2n) is 1.60. The number of hydrogen-bond acceptors (Lipinski definition) is 3. The molecule has 1 aromatic heterocycles. The molecule has 0 aliphatic carbocycles. The molecule has 0 atom stereocenters. The average Bonchev–Trinajstić information content (AvgIpc) is 1.95. The third-order valence-corrected chi connectivity index (χ3v) is 2.04. The van der Waals surface area contributed by atoms with Gasteiger partial charge in [-0.05, 0) is 28.7 Å². The summed E-state index contributed by atoms with van der Waals surface area (Å²) in [4.78, 5) is 3.73. The largest absolute Gasteiger partial charge is 0.507 e. The van der Waals surface area contributed by atoms with Gasteiger partial charge in [0.15, 0.2) is 5.69 Å². The zero-order valence-corrected chi connectivity index (χ0v) is 7.03. The third-order valence-electron chi connectivity index (χ3n) is 0.975. The Labute approximate surface area is 71.5 Å². The minimum absolute atomic E-state index is 0.104. The van der Waals surface area contributed by atoms with Gasteiger partial charge in [0.2, 0.25) is 0 Å². The van der Waals surface area contributed by atoms with Crippen molar-refractivity contribution in [2.45, 2.75) is 0 Å². The minimum atomic E-state index is 0.104. The minimum Gasteiger partial charge on any atom is -0.507 e. The molecule has 0 saturated carbocycles. The molecule has 0 bridgehead atoms. The first-order valence-electron chi connectivity index (χ1n) is 2.49. The van der Waals surface area contributed by atoms with Crippen LogP contribution in [0.4, 0.5) is 0 Å². The Morgan fingerprint density at radius 3 is 2.90 bits per heavy atom. The maximum atomic E-state index is 9.03. The van der Waals surface area contributed by atoms with Gasteiger partial charge in [0.1, 0.15) is 11.8 Å². The lowest BCUT2D eigenvalue weighted by atomic mass is 10.3. The summed E-state index contributed by atoms with van der Waals surface area (Å²) in [5, 5.41) is 17.4. The van der Waals surface area contributed by atoms with Crippen molar-refractivity contribution in [2.75, 3.05) is 0 Å². The lowest BCUT2D eigenvalue weighted by Gasteiger charge is -1.94. The summed E-state index contributed by atoms with van der Waals surface area (Å²) in [7, 11) is 0. The van der Waals surface area contributed by atoms with E-state index in [1.54, 1.807) is 0 Å². The van der Waals surface area contributed by atoms with Crippen molar-refractivity contribution in [1.82, 2.24) is 4.98 Å². The van der Waals surface area contributed by atoms with Gasteiger partial charge in [-0.15, -0.1) is 0 Å². The zero-order chi connectivity index (χ0) is 7.56. The Bertz CT molecular complexity index is 292. The summed E-state index contributed by atoms with van der Waals surface area (Å²) in [6.45, 7) is 0. The molecule has 0 aliphatic rings. The molecule has 0 unspecified atom stereocenters. The number of aromatic hydroxyl groups is 1. The fourth-order valence-corrected chi connectivity index (χ4v) is 0.951. The third kappa shape index (κ3) is 1.19. The molecule has 0 amide bonds. The van der Waals surface area contributed by atoms with E-state index in [-0.39, 0.29) is 11.4 Å². The highest BCUT2D eigenvalue weighted by atomic mass is 127. The van der Waals surface area contributed by atoms with Gasteiger partial charge in [-0.25, -0.2) is 4.98 Å². The molecule has 4 heteroatoms. The number of nitrogens with zero attached hydrogens (tertiary/aromatic N) is 2. The molecule has 0 aromatic carbocycles. The van der Waals surface area contributed by atoms with Crippen molar-refractivity contribution >= 4 is 22.6 Å². The van der Waals surface area contributed by atoms with Crippen LogP contribution in [-0.2, 0) is 0 Å². The summed E-state index contributed by atoms with van der Waals surface area (Å²) in [6.07, 6.45) is 1.40. The molecule has 1 N–H and O–H groups in total. The van der Waals surface area contributed by atoms with E-state index in [2.05, 4.69) is 4.98 Å². The highest BCUT2D eigenvalue weighted by Gasteiger charge is 2.02. The molecule has 1 rings (SSSR count). The van der Waals surface area contributed by atoms with Crippen molar-refractivity contribution in [1.29, 1.82) is 5.26 Å². The van der Waals surface area contributed by atoms with Crippen molar-refractivity contribution in [2.24, 2.45) is 0 Å². The van der Waals surface area contributed by atoms with Crippen LogP contribution < -0.4 is 0 Å². The van der Waals surface area contributed by atoms with E-state index in [0.29, 0.717) is 3.57 Å². The first kappa shape index (κ1) is 7.28. The number of nitriles is 1. The molecule has 10 heavy (non-hydrogen) atoms. The standard InChI is InChI=1S/C6H3IN2O/c7-6-4(3-8)9-2-1-5(6)10/h1-2H,(H,9,10). The second kappa shape index (κ2) is 2.84. The van der Waals surface area contributed by atoms with Gasteiger partial charge in [-0.2, -0.15) is 5.26 Å². The summed E-state index contributed by atoms with van der Waals surface area (Å²) < 4.78 is 0.502. The lowest BCUT2D eigenvalue weighted by molar-refractivity contribution is 0.470. The van der Waals surface area contributed by atoms with Crippen LogP contribution in [0.2, 0.25) is 0 Å². The van der Waals surface area contributed by atoms with E-state index < -0.39 is 0 Å². The monoisotopic (exact) mass is 246 g/mol. The molecule has 1 heterocycles. The van der Waals surface area contributed by atoms with E-state index in [9.17, 15) is 0 Å². The second-order valence-corrected chi connectivity index (χ2v) is 2.68. The Morgan fingerprint density at radius 2 is 2.40 bits per heavy atom. The maximum absolute atomic E-state index is 9.03. The number of aromatic nitrogens is 1. The molecular weight excluding hydrogens is 243 g/mol. The van der Waals surface area contributed by atoms with Crippen LogP contribution in [0.25, 0.3) is 0 Å². The lowest BCUT2D eigenvalue weighted by Crippen LogP contribution is -1.85. The molecule has 0 aliphatic heterocycles. The van der Waals surface area contributed by atoms with Crippen LogP contribution in [0.15, 0.2) is 12.3 Å². The van der Waals surface area contributed by atoms with Crippen LogP contribution in [0.5, 0.6) is 5.75 Å². The molecule has 0 saturated heterocycles. The molecule has 3 nitrogen and oxygen atoms in total. The molecule has 0 fully saturated rings. The summed E-state index contributed by atoms with van der Waals surface area (Å²) >= 11 is 1.87. The first-order chi connectivity index (χ1) is 4.75. The van der Waals surface area contributed by atoms with Gasteiger partial charge in [0, 0.05) is 6.20 Å². The Morgan fingerprint density at radius 1 is 1.70 bits per heavy atom. The average molecular weight is 246 g/mol. The number of rotatable bonds is 0.